The van der Waals surface area contributed by atoms with E-state index >= 15 is 0 Å². The number of carbonyl (C=O) groups is 2. The van der Waals surface area contributed by atoms with Gasteiger partial charge in [-0.25, -0.2) is 0 Å². The van der Waals surface area contributed by atoms with Crippen LogP contribution in [0.15, 0.2) is 24.5 Å². The highest BCUT2D eigenvalue weighted by molar-refractivity contribution is 5.87. The summed E-state index contributed by atoms with van der Waals surface area (Å²) in [6, 6.07) is 3.43. The van der Waals surface area contributed by atoms with Gasteiger partial charge in [-0.3, -0.25) is 19.5 Å². The van der Waals surface area contributed by atoms with Crippen LogP contribution in [-0.4, -0.2) is 46.6 Å². The second kappa shape index (κ2) is 11.5. The second-order valence-electron chi connectivity index (χ2n) is 9.68. The molecule has 1 fully saturated rings. The first-order valence-electron chi connectivity index (χ1n) is 12.0. The molecule has 0 spiro atoms. The van der Waals surface area contributed by atoms with Gasteiger partial charge >= 0.3 is 0 Å². The number of rotatable bonds is 11. The number of fused-ring (bicyclic) bond motifs is 1. The van der Waals surface area contributed by atoms with Gasteiger partial charge in [-0.1, -0.05) is 46.0 Å². The summed E-state index contributed by atoms with van der Waals surface area (Å²) < 4.78 is 0. The zero-order chi connectivity index (χ0) is 23.1. The number of aromatic amines is 1. The van der Waals surface area contributed by atoms with Crippen molar-refractivity contribution in [2.75, 3.05) is 11.9 Å². The van der Waals surface area contributed by atoms with Crippen molar-refractivity contribution in [3.8, 4) is 0 Å². The number of amides is 2. The average molecular weight is 443 g/mol. The number of hydrogen-bond acceptors (Lipinski definition) is 4. The molecule has 3 rings (SSSR count). The van der Waals surface area contributed by atoms with Crippen LogP contribution in [-0.2, 0) is 9.59 Å². The quantitative estimate of drug-likeness (QED) is 0.458. The normalized spacial score (nSPS) is 17.8. The van der Waals surface area contributed by atoms with E-state index in [1.54, 1.807) is 24.3 Å². The summed E-state index contributed by atoms with van der Waals surface area (Å²) in [4.78, 5) is 33.9. The molecule has 7 nitrogen and oxygen atoms in total. The van der Waals surface area contributed by atoms with E-state index in [0.29, 0.717) is 30.5 Å². The van der Waals surface area contributed by atoms with Crippen LogP contribution in [0, 0.1) is 17.8 Å². The molecule has 2 aromatic rings. The maximum Gasteiger partial charge on any atom is 0.222 e. The molecular weight excluding hydrogens is 404 g/mol. The van der Waals surface area contributed by atoms with Crippen molar-refractivity contribution < 1.29 is 14.7 Å². The van der Waals surface area contributed by atoms with Crippen LogP contribution in [0.25, 0.3) is 10.9 Å². The molecule has 0 radical (unpaired) electrons. The van der Waals surface area contributed by atoms with E-state index in [0.717, 1.165) is 36.6 Å². The lowest BCUT2D eigenvalue weighted by Crippen LogP contribution is -2.46. The Morgan fingerprint density at radius 1 is 1.31 bits per heavy atom. The molecule has 2 aromatic heterocycles. The summed E-state index contributed by atoms with van der Waals surface area (Å²) in [5.41, 5.74) is 0.850. The molecule has 3 N–H and O–H groups in total. The van der Waals surface area contributed by atoms with Gasteiger partial charge < -0.3 is 15.4 Å². The standard InChI is InChI=1S/C25H38N4O3/c1-17(2)11-20(25(32)26-3)13-23(31)22(12-18-7-5-4-6-8-18)29(16-30)24-14-19-9-10-27-15-21(19)28-24/h9-10,14-18,20,22-23,28,31H,4-8,11-13H2,1-3H3,(H,26,32)/t20-,22+,23+/m1/s1. The predicted molar refractivity (Wildman–Crippen MR) is 127 cm³/mol. The van der Waals surface area contributed by atoms with E-state index in [1.807, 2.05) is 12.1 Å². The fraction of sp³-hybridized carbons (Fsp3) is 0.640. The fourth-order valence-corrected chi connectivity index (χ4v) is 5.16. The highest BCUT2D eigenvalue weighted by Gasteiger charge is 2.34. The Bertz CT molecular complexity index is 842. The molecular formula is C25H38N4O3. The lowest BCUT2D eigenvalue weighted by molar-refractivity contribution is -0.126. The number of pyridine rings is 1. The Kier molecular flexibility index (Phi) is 8.67. The van der Waals surface area contributed by atoms with Gasteiger partial charge in [0.1, 0.15) is 5.82 Å². The van der Waals surface area contributed by atoms with Crippen LogP contribution in [0.3, 0.4) is 0 Å². The van der Waals surface area contributed by atoms with Crippen molar-refractivity contribution >= 4 is 29.0 Å². The van der Waals surface area contributed by atoms with Crippen molar-refractivity contribution in [1.29, 1.82) is 0 Å². The summed E-state index contributed by atoms with van der Waals surface area (Å²) in [5, 5.41) is 15.1. The first-order chi connectivity index (χ1) is 15.4. The largest absolute Gasteiger partial charge is 0.391 e. The molecule has 1 saturated carbocycles. The molecule has 1 aliphatic carbocycles. The van der Waals surface area contributed by atoms with Gasteiger partial charge in [-0.05, 0) is 43.2 Å². The number of aliphatic hydroxyl groups excluding tert-OH is 1. The Hall–Kier alpha value is -2.41. The maximum atomic E-state index is 12.5. The first-order valence-corrected chi connectivity index (χ1v) is 12.0. The number of nitrogens with zero attached hydrogens (tertiary/aromatic N) is 2. The smallest absolute Gasteiger partial charge is 0.222 e. The first kappa shape index (κ1) is 24.2. The van der Waals surface area contributed by atoms with E-state index in [-0.39, 0.29) is 11.8 Å². The molecule has 7 heteroatoms. The molecule has 0 aliphatic heterocycles. The van der Waals surface area contributed by atoms with Crippen LogP contribution in [0.4, 0.5) is 5.82 Å². The van der Waals surface area contributed by atoms with Gasteiger partial charge in [0, 0.05) is 24.5 Å². The van der Waals surface area contributed by atoms with Gasteiger partial charge in [0.2, 0.25) is 12.3 Å². The SMILES string of the molecule is CNC(=O)[C@H](CC(C)C)C[C@H](O)[C@H](CC1CCCCC1)N(C=O)c1cc2ccncc2[nH]1. The molecule has 0 bridgehead atoms. The maximum absolute atomic E-state index is 12.5. The Morgan fingerprint density at radius 2 is 2.06 bits per heavy atom. The number of hydrogen-bond donors (Lipinski definition) is 3. The third kappa shape index (κ3) is 6.09. The molecule has 32 heavy (non-hydrogen) atoms. The van der Waals surface area contributed by atoms with Crippen LogP contribution in [0.5, 0.6) is 0 Å². The lowest BCUT2D eigenvalue weighted by Gasteiger charge is -2.36. The molecule has 176 valence electrons. The summed E-state index contributed by atoms with van der Waals surface area (Å²) in [7, 11) is 1.64. The number of aromatic nitrogens is 2. The summed E-state index contributed by atoms with van der Waals surface area (Å²) in [6.07, 6.45) is 11.1. The number of nitrogens with one attached hydrogen (secondary N) is 2. The van der Waals surface area contributed by atoms with Gasteiger partial charge in [-0.15, -0.1) is 0 Å². The van der Waals surface area contributed by atoms with Crippen LogP contribution in [0.1, 0.15) is 65.2 Å². The Labute approximate surface area is 191 Å². The van der Waals surface area contributed by atoms with Crippen LogP contribution < -0.4 is 10.2 Å². The average Bonchev–Trinajstić information content (AvgIpc) is 3.22. The number of carbonyl (C=O) groups excluding carboxylic acids is 2. The summed E-state index contributed by atoms with van der Waals surface area (Å²) in [6.45, 7) is 4.16. The molecule has 2 amide bonds. The minimum absolute atomic E-state index is 0.0523. The Balaban J connectivity index is 1.88. The third-order valence-electron chi connectivity index (χ3n) is 6.80. The molecule has 1 aliphatic rings. The summed E-state index contributed by atoms with van der Waals surface area (Å²) in [5.74, 6) is 1.13. The second-order valence-corrected chi connectivity index (χ2v) is 9.68. The molecule has 0 aromatic carbocycles. The molecule has 2 heterocycles. The molecule has 3 atom stereocenters. The Morgan fingerprint density at radius 3 is 2.69 bits per heavy atom. The highest BCUT2D eigenvalue weighted by Crippen LogP contribution is 2.33. The van der Waals surface area contributed by atoms with E-state index in [1.165, 1.54) is 19.3 Å². The number of aliphatic hydroxyl groups is 1. The van der Waals surface area contributed by atoms with Crippen molar-refractivity contribution in [2.24, 2.45) is 17.8 Å². The number of anilines is 1. The predicted octanol–water partition coefficient (Wildman–Crippen LogP) is 4.02. The fourth-order valence-electron chi connectivity index (χ4n) is 5.16. The van der Waals surface area contributed by atoms with Crippen LogP contribution in [0.2, 0.25) is 0 Å². The zero-order valence-electron chi connectivity index (χ0n) is 19.6. The van der Waals surface area contributed by atoms with Crippen molar-refractivity contribution in [3.63, 3.8) is 0 Å². The van der Waals surface area contributed by atoms with Gasteiger partial charge in [0.05, 0.1) is 23.9 Å². The van der Waals surface area contributed by atoms with E-state index in [2.05, 4.69) is 29.1 Å². The van der Waals surface area contributed by atoms with Crippen molar-refractivity contribution in [3.05, 3.63) is 24.5 Å². The minimum atomic E-state index is -0.798. The van der Waals surface area contributed by atoms with E-state index in [4.69, 9.17) is 0 Å². The van der Waals surface area contributed by atoms with Gasteiger partial charge in [0.25, 0.3) is 0 Å². The minimum Gasteiger partial charge on any atom is -0.391 e. The molecule has 0 saturated heterocycles. The van der Waals surface area contributed by atoms with E-state index in [9.17, 15) is 14.7 Å². The van der Waals surface area contributed by atoms with Gasteiger partial charge in [-0.2, -0.15) is 0 Å². The van der Waals surface area contributed by atoms with Crippen molar-refractivity contribution in [2.45, 2.75) is 77.4 Å². The van der Waals surface area contributed by atoms with Gasteiger partial charge in [0.15, 0.2) is 0 Å². The topological polar surface area (TPSA) is 98.3 Å². The van der Waals surface area contributed by atoms with Crippen LogP contribution >= 0.6 is 0 Å². The van der Waals surface area contributed by atoms with E-state index < -0.39 is 12.1 Å². The highest BCUT2D eigenvalue weighted by atomic mass is 16.3. The summed E-state index contributed by atoms with van der Waals surface area (Å²) >= 11 is 0. The monoisotopic (exact) mass is 442 g/mol. The number of H-pyrrole nitrogens is 1. The third-order valence-corrected chi connectivity index (χ3v) is 6.80. The molecule has 0 unspecified atom stereocenters. The van der Waals surface area contributed by atoms with Crippen molar-refractivity contribution in [1.82, 2.24) is 15.3 Å². The lowest BCUT2D eigenvalue weighted by atomic mass is 9.81. The zero-order valence-corrected chi connectivity index (χ0v) is 19.6.